The monoisotopic (exact) mass is 299 g/mol. The van der Waals surface area contributed by atoms with Crippen LogP contribution in [0.3, 0.4) is 0 Å². The van der Waals surface area contributed by atoms with E-state index in [9.17, 15) is 4.79 Å². The van der Waals surface area contributed by atoms with Crippen molar-refractivity contribution in [2.24, 2.45) is 0 Å². The molecule has 0 N–H and O–H groups in total. The molecule has 0 aliphatic heterocycles. The van der Waals surface area contributed by atoms with Gasteiger partial charge in [-0.2, -0.15) is 0 Å². The first-order chi connectivity index (χ1) is 7.20. The maximum Gasteiger partial charge on any atom is 0.179 e. The van der Waals surface area contributed by atoms with Gasteiger partial charge in [0.05, 0.1) is 6.04 Å². The zero-order valence-electron chi connectivity index (χ0n) is 10.5. The molecule has 0 saturated carbocycles. The predicted molar refractivity (Wildman–Crippen MR) is 70.4 cm³/mol. The quantitative estimate of drug-likeness (QED) is 0.615. The number of carbonyl (C=O) groups excluding carboxylic acids is 1. The van der Waals surface area contributed by atoms with Crippen LogP contribution in [0.15, 0.2) is 30.3 Å². The van der Waals surface area contributed by atoms with Crippen molar-refractivity contribution in [3.05, 3.63) is 35.9 Å². The second kappa shape index (κ2) is 9.64. The molecule has 0 spiro atoms. The van der Waals surface area contributed by atoms with Crippen molar-refractivity contribution < 1.29 is 21.3 Å². The van der Waals surface area contributed by atoms with Gasteiger partial charge in [0.2, 0.25) is 0 Å². The Labute approximate surface area is 120 Å². The van der Waals surface area contributed by atoms with Crippen LogP contribution in [-0.4, -0.2) is 29.8 Å². The van der Waals surface area contributed by atoms with Gasteiger partial charge in [-0.05, 0) is 20.0 Å². The Balaban J connectivity index is 0. The number of carbonyl (C=O) groups is 1. The number of halogens is 1. The normalized spacial score (nSPS) is 11.3. The Kier molecular flexibility index (Phi) is 10.8. The molecule has 100 valence electrons. The third kappa shape index (κ3) is 5.20. The van der Waals surface area contributed by atoms with E-state index in [0.29, 0.717) is 0 Å². The third-order valence-electron chi connectivity index (χ3n) is 2.80. The van der Waals surface area contributed by atoms with Crippen molar-refractivity contribution in [2.45, 2.75) is 26.8 Å². The molecule has 4 heteroatoms. The average molecular weight is 300 g/mol. The van der Waals surface area contributed by atoms with Crippen molar-refractivity contribution in [2.75, 3.05) is 13.1 Å². The molecule has 2 nitrogen and oxygen atoms in total. The van der Waals surface area contributed by atoms with E-state index >= 15 is 0 Å². The van der Waals surface area contributed by atoms with Crippen LogP contribution in [-0.2, 0) is 16.5 Å². The van der Waals surface area contributed by atoms with E-state index in [4.69, 9.17) is 0 Å². The summed E-state index contributed by atoms with van der Waals surface area (Å²) >= 11 is 0. The Morgan fingerprint density at radius 1 is 1.18 bits per heavy atom. The second-order valence-corrected chi connectivity index (χ2v) is 3.63. The van der Waals surface area contributed by atoms with E-state index in [1.807, 2.05) is 37.3 Å². The zero-order chi connectivity index (χ0) is 11.3. The topological polar surface area (TPSA) is 20.3 Å². The summed E-state index contributed by atoms with van der Waals surface area (Å²) in [5.74, 6) is 0.208. The fourth-order valence-electron chi connectivity index (χ4n) is 1.78. The summed E-state index contributed by atoms with van der Waals surface area (Å²) in [6.45, 7) is 7.96. The Morgan fingerprint density at radius 2 is 1.65 bits per heavy atom. The SMILES string of the molecule is CCN(CC)C(C)C(=O)c1ccccc1.Cl.[Ni]. The van der Waals surface area contributed by atoms with Gasteiger partial charge in [-0.1, -0.05) is 44.2 Å². The number of nitrogens with zero attached hydrogens (tertiary/aromatic N) is 1. The van der Waals surface area contributed by atoms with E-state index in [1.165, 1.54) is 0 Å². The Bertz CT molecular complexity index is 314. The van der Waals surface area contributed by atoms with Gasteiger partial charge < -0.3 is 0 Å². The minimum absolute atomic E-state index is 0. The maximum atomic E-state index is 12.1. The summed E-state index contributed by atoms with van der Waals surface area (Å²) in [5.41, 5.74) is 0.803. The molecule has 0 aromatic heterocycles. The van der Waals surface area contributed by atoms with Crippen LogP contribution in [0.1, 0.15) is 31.1 Å². The molecule has 0 heterocycles. The van der Waals surface area contributed by atoms with Gasteiger partial charge in [0.25, 0.3) is 0 Å². The number of hydrogen-bond acceptors (Lipinski definition) is 2. The molecule has 0 aliphatic carbocycles. The van der Waals surface area contributed by atoms with E-state index in [0.717, 1.165) is 18.7 Å². The van der Waals surface area contributed by atoms with Crippen molar-refractivity contribution in [1.82, 2.24) is 4.90 Å². The van der Waals surface area contributed by atoms with Gasteiger partial charge in [0.1, 0.15) is 0 Å². The van der Waals surface area contributed by atoms with Gasteiger partial charge in [-0.3, -0.25) is 9.69 Å². The largest absolute Gasteiger partial charge is 0.294 e. The molecule has 0 saturated heterocycles. The van der Waals surface area contributed by atoms with Crippen molar-refractivity contribution in [1.29, 1.82) is 0 Å². The summed E-state index contributed by atoms with van der Waals surface area (Å²) in [4.78, 5) is 14.2. The maximum absolute atomic E-state index is 12.1. The first-order valence-electron chi connectivity index (χ1n) is 5.54. The minimum atomic E-state index is -0.0256. The fourth-order valence-corrected chi connectivity index (χ4v) is 1.78. The summed E-state index contributed by atoms with van der Waals surface area (Å²) in [7, 11) is 0. The standard InChI is InChI=1S/C13H19NO.ClH.Ni/c1-4-14(5-2)11(3)13(15)12-9-7-6-8-10-12;;/h6-11H,4-5H2,1-3H3;1H;. The molecule has 0 aliphatic rings. The molecule has 1 rings (SSSR count). The molecule has 0 radical (unpaired) electrons. The molecule has 0 bridgehead atoms. The van der Waals surface area contributed by atoms with Crippen molar-refractivity contribution in [3.8, 4) is 0 Å². The molecule has 17 heavy (non-hydrogen) atoms. The number of likely N-dealkylation sites (N-methyl/N-ethyl adjacent to an activating group) is 1. The number of benzene rings is 1. The van der Waals surface area contributed by atoms with Gasteiger partial charge in [-0.25, -0.2) is 0 Å². The van der Waals surface area contributed by atoms with E-state index in [-0.39, 0.29) is 40.7 Å². The van der Waals surface area contributed by atoms with Gasteiger partial charge in [0, 0.05) is 22.1 Å². The average Bonchev–Trinajstić information content (AvgIpc) is 2.30. The molecule has 1 unspecified atom stereocenters. The van der Waals surface area contributed by atoms with Crippen LogP contribution in [0, 0.1) is 0 Å². The first kappa shape index (κ1) is 19.0. The van der Waals surface area contributed by atoms with Gasteiger partial charge >= 0.3 is 0 Å². The number of ketones is 1. The third-order valence-corrected chi connectivity index (χ3v) is 2.80. The molecule has 1 aromatic carbocycles. The van der Waals surface area contributed by atoms with Gasteiger partial charge in [0.15, 0.2) is 5.78 Å². The van der Waals surface area contributed by atoms with Crippen LogP contribution in [0.2, 0.25) is 0 Å². The summed E-state index contributed by atoms with van der Waals surface area (Å²) in [5, 5.41) is 0. The van der Waals surface area contributed by atoms with Gasteiger partial charge in [-0.15, -0.1) is 12.4 Å². The van der Waals surface area contributed by atoms with Crippen molar-refractivity contribution >= 4 is 18.2 Å². The molecule has 0 amide bonds. The van der Waals surface area contributed by atoms with Crippen LogP contribution < -0.4 is 0 Å². The summed E-state index contributed by atoms with van der Waals surface area (Å²) in [6, 6.07) is 9.47. The molecule has 1 aromatic rings. The summed E-state index contributed by atoms with van der Waals surface area (Å²) < 4.78 is 0. The van der Waals surface area contributed by atoms with Crippen LogP contribution in [0.4, 0.5) is 0 Å². The number of rotatable bonds is 5. The Hall–Kier alpha value is -0.366. The van der Waals surface area contributed by atoms with Crippen molar-refractivity contribution in [3.63, 3.8) is 0 Å². The smallest absolute Gasteiger partial charge is 0.179 e. The van der Waals surface area contributed by atoms with Crippen LogP contribution in [0.25, 0.3) is 0 Å². The first-order valence-corrected chi connectivity index (χ1v) is 5.54. The predicted octanol–water partition coefficient (Wildman–Crippen LogP) is 3.02. The number of Topliss-reactive ketones (excluding diaryl/α,β-unsaturated/α-hetero) is 1. The van der Waals surface area contributed by atoms with E-state index < -0.39 is 0 Å². The van der Waals surface area contributed by atoms with Crippen LogP contribution >= 0.6 is 12.4 Å². The van der Waals surface area contributed by atoms with E-state index in [1.54, 1.807) is 0 Å². The second-order valence-electron chi connectivity index (χ2n) is 3.63. The zero-order valence-corrected chi connectivity index (χ0v) is 12.3. The minimum Gasteiger partial charge on any atom is -0.294 e. The molecular formula is C13H20ClNNiO. The van der Waals surface area contributed by atoms with Crippen LogP contribution in [0.5, 0.6) is 0 Å². The summed E-state index contributed by atoms with van der Waals surface area (Å²) in [6.07, 6.45) is 0. The molecule has 1 atom stereocenters. The fraction of sp³-hybridized carbons (Fsp3) is 0.462. The number of hydrogen-bond donors (Lipinski definition) is 0. The van der Waals surface area contributed by atoms with E-state index in [2.05, 4.69) is 18.7 Å². The molecule has 0 fully saturated rings. The molecular weight excluding hydrogens is 280 g/mol. The Morgan fingerprint density at radius 3 is 2.06 bits per heavy atom.